The summed E-state index contributed by atoms with van der Waals surface area (Å²) in [5.41, 5.74) is 2.00. The van der Waals surface area contributed by atoms with Crippen molar-refractivity contribution in [3.05, 3.63) is 35.6 Å². The Balaban J connectivity index is 2.36. The number of aliphatic carboxylic acids is 1. The van der Waals surface area contributed by atoms with E-state index in [4.69, 9.17) is 9.52 Å². The Morgan fingerprint density at radius 2 is 2.05 bits per heavy atom. The Labute approximate surface area is 112 Å². The van der Waals surface area contributed by atoms with Crippen LogP contribution in [0.15, 0.2) is 28.7 Å². The van der Waals surface area contributed by atoms with E-state index in [1.54, 1.807) is 6.92 Å². The van der Waals surface area contributed by atoms with Crippen molar-refractivity contribution in [2.24, 2.45) is 0 Å². The lowest BCUT2D eigenvalue weighted by Crippen LogP contribution is -2.35. The second kappa shape index (κ2) is 5.45. The maximum Gasteiger partial charge on any atom is 0.320 e. The highest BCUT2D eigenvalue weighted by Gasteiger charge is 2.21. The Morgan fingerprint density at radius 3 is 2.68 bits per heavy atom. The Kier molecular flexibility index (Phi) is 3.90. The summed E-state index contributed by atoms with van der Waals surface area (Å²) in [5.74, 6) is -0.0298. The number of aryl methyl sites for hydroxylation is 1. The summed E-state index contributed by atoms with van der Waals surface area (Å²) in [6, 6.07) is 7.16. The molecule has 0 bridgehead atoms. The zero-order valence-electron chi connectivity index (χ0n) is 11.4. The quantitative estimate of drug-likeness (QED) is 0.868. The highest BCUT2D eigenvalue weighted by atomic mass is 16.4. The summed E-state index contributed by atoms with van der Waals surface area (Å²) in [4.78, 5) is 10.9. The van der Waals surface area contributed by atoms with Crippen molar-refractivity contribution >= 4 is 16.9 Å². The first-order chi connectivity index (χ1) is 9.04. The second-order valence-corrected chi connectivity index (χ2v) is 4.74. The van der Waals surface area contributed by atoms with Crippen molar-refractivity contribution in [2.75, 3.05) is 0 Å². The maximum atomic E-state index is 10.9. The highest BCUT2D eigenvalue weighted by Crippen LogP contribution is 2.30. The summed E-state index contributed by atoms with van der Waals surface area (Å²) < 4.78 is 5.88. The van der Waals surface area contributed by atoms with Crippen molar-refractivity contribution < 1.29 is 14.3 Å². The lowest BCUT2D eigenvalue weighted by molar-refractivity contribution is -0.139. The van der Waals surface area contributed by atoms with E-state index in [0.717, 1.165) is 28.7 Å². The summed E-state index contributed by atoms with van der Waals surface area (Å²) in [7, 11) is 0. The minimum Gasteiger partial charge on any atom is -0.480 e. The molecule has 4 nitrogen and oxygen atoms in total. The van der Waals surface area contributed by atoms with Crippen LogP contribution in [0.4, 0.5) is 0 Å². The second-order valence-electron chi connectivity index (χ2n) is 4.74. The number of fused-ring (bicyclic) bond motifs is 1. The minimum atomic E-state index is -0.860. The van der Waals surface area contributed by atoms with Crippen molar-refractivity contribution in [2.45, 2.75) is 39.3 Å². The molecule has 2 rings (SSSR count). The minimum absolute atomic E-state index is 0.131. The van der Waals surface area contributed by atoms with Gasteiger partial charge in [-0.3, -0.25) is 10.1 Å². The monoisotopic (exact) mass is 261 g/mol. The average molecular weight is 261 g/mol. The van der Waals surface area contributed by atoms with Crippen LogP contribution in [-0.2, 0) is 11.2 Å². The Morgan fingerprint density at radius 1 is 1.37 bits per heavy atom. The average Bonchev–Trinajstić information content (AvgIpc) is 2.76. The lowest BCUT2D eigenvalue weighted by Gasteiger charge is -2.16. The van der Waals surface area contributed by atoms with E-state index in [1.807, 2.05) is 31.2 Å². The predicted molar refractivity (Wildman–Crippen MR) is 74.2 cm³/mol. The molecule has 1 aromatic heterocycles. The molecule has 0 radical (unpaired) electrons. The van der Waals surface area contributed by atoms with Gasteiger partial charge in [-0.15, -0.1) is 0 Å². The van der Waals surface area contributed by atoms with Crippen molar-refractivity contribution in [3.8, 4) is 0 Å². The summed E-state index contributed by atoms with van der Waals surface area (Å²) in [5, 5.41) is 13.1. The van der Waals surface area contributed by atoms with Gasteiger partial charge in [0.05, 0.1) is 6.04 Å². The number of carboxylic acids is 1. The number of para-hydroxylation sites is 1. The van der Waals surface area contributed by atoms with Crippen LogP contribution in [0, 0.1) is 0 Å². The third-order valence-corrected chi connectivity index (χ3v) is 3.35. The molecular formula is C15H19NO3. The smallest absolute Gasteiger partial charge is 0.320 e. The third kappa shape index (κ3) is 2.63. The number of furan rings is 1. The van der Waals surface area contributed by atoms with Crippen LogP contribution in [-0.4, -0.2) is 17.1 Å². The van der Waals surface area contributed by atoms with Gasteiger partial charge in [-0.25, -0.2) is 0 Å². The molecule has 0 fully saturated rings. The van der Waals surface area contributed by atoms with Gasteiger partial charge >= 0.3 is 5.97 Å². The molecule has 19 heavy (non-hydrogen) atoms. The number of hydrogen-bond acceptors (Lipinski definition) is 3. The first kappa shape index (κ1) is 13.6. The maximum absolute atomic E-state index is 10.9. The largest absolute Gasteiger partial charge is 0.480 e. The fourth-order valence-electron chi connectivity index (χ4n) is 2.35. The van der Waals surface area contributed by atoms with Gasteiger partial charge in [-0.2, -0.15) is 0 Å². The number of carboxylic acid groups (broad SMARTS) is 1. The topological polar surface area (TPSA) is 62.5 Å². The number of nitrogens with one attached hydrogen (secondary N) is 1. The molecule has 2 atom stereocenters. The molecule has 0 aliphatic heterocycles. The molecule has 0 saturated heterocycles. The van der Waals surface area contributed by atoms with E-state index >= 15 is 0 Å². The van der Waals surface area contributed by atoms with Gasteiger partial charge in [0.1, 0.15) is 17.4 Å². The SMILES string of the molecule is CCc1c(C(C)NC(C)C(=O)O)oc2ccccc12. The number of hydrogen-bond donors (Lipinski definition) is 2. The van der Waals surface area contributed by atoms with E-state index in [-0.39, 0.29) is 6.04 Å². The van der Waals surface area contributed by atoms with E-state index in [9.17, 15) is 4.79 Å². The predicted octanol–water partition coefficient (Wildman–Crippen LogP) is 3.12. The van der Waals surface area contributed by atoms with Gasteiger partial charge in [0.15, 0.2) is 0 Å². The van der Waals surface area contributed by atoms with Crippen LogP contribution >= 0.6 is 0 Å². The molecule has 0 spiro atoms. The molecule has 102 valence electrons. The number of carbonyl (C=O) groups is 1. The van der Waals surface area contributed by atoms with Crippen molar-refractivity contribution in [1.29, 1.82) is 0 Å². The summed E-state index contributed by atoms with van der Waals surface area (Å²) >= 11 is 0. The van der Waals surface area contributed by atoms with E-state index < -0.39 is 12.0 Å². The molecule has 4 heteroatoms. The fourth-order valence-corrected chi connectivity index (χ4v) is 2.35. The van der Waals surface area contributed by atoms with Gasteiger partial charge in [-0.1, -0.05) is 25.1 Å². The first-order valence-electron chi connectivity index (χ1n) is 6.53. The van der Waals surface area contributed by atoms with Crippen LogP contribution in [0.1, 0.15) is 38.1 Å². The van der Waals surface area contributed by atoms with Crippen LogP contribution in [0.2, 0.25) is 0 Å². The summed E-state index contributed by atoms with van der Waals surface area (Å²) in [6.07, 6.45) is 0.861. The van der Waals surface area contributed by atoms with E-state index in [0.29, 0.717) is 0 Å². The fraction of sp³-hybridized carbons (Fsp3) is 0.400. The molecule has 0 aliphatic rings. The lowest BCUT2D eigenvalue weighted by atomic mass is 10.0. The molecule has 0 saturated carbocycles. The van der Waals surface area contributed by atoms with Crippen molar-refractivity contribution in [1.82, 2.24) is 5.32 Å². The third-order valence-electron chi connectivity index (χ3n) is 3.35. The zero-order chi connectivity index (χ0) is 14.0. The summed E-state index contributed by atoms with van der Waals surface area (Å²) in [6.45, 7) is 5.64. The first-order valence-corrected chi connectivity index (χ1v) is 6.53. The van der Waals surface area contributed by atoms with E-state index in [1.165, 1.54) is 0 Å². The molecule has 0 aliphatic carbocycles. The van der Waals surface area contributed by atoms with Gasteiger partial charge in [0.25, 0.3) is 0 Å². The number of benzene rings is 1. The molecule has 2 aromatic rings. The Hall–Kier alpha value is -1.81. The molecule has 1 aromatic carbocycles. The molecular weight excluding hydrogens is 242 g/mol. The zero-order valence-corrected chi connectivity index (χ0v) is 11.4. The van der Waals surface area contributed by atoms with Gasteiger partial charge in [0.2, 0.25) is 0 Å². The Bertz CT molecular complexity index is 588. The van der Waals surface area contributed by atoms with Crippen LogP contribution in [0.5, 0.6) is 0 Å². The van der Waals surface area contributed by atoms with Crippen LogP contribution < -0.4 is 5.32 Å². The van der Waals surface area contributed by atoms with E-state index in [2.05, 4.69) is 12.2 Å². The van der Waals surface area contributed by atoms with Crippen LogP contribution in [0.3, 0.4) is 0 Å². The van der Waals surface area contributed by atoms with Gasteiger partial charge < -0.3 is 9.52 Å². The van der Waals surface area contributed by atoms with Gasteiger partial charge in [-0.05, 0) is 26.3 Å². The van der Waals surface area contributed by atoms with Crippen LogP contribution in [0.25, 0.3) is 11.0 Å². The van der Waals surface area contributed by atoms with Gasteiger partial charge in [0, 0.05) is 10.9 Å². The highest BCUT2D eigenvalue weighted by molar-refractivity contribution is 5.82. The standard InChI is InChI=1S/C15H19NO3/c1-4-11-12-7-5-6-8-13(12)19-14(11)9(2)16-10(3)15(17)18/h5-10,16H,4H2,1-3H3,(H,17,18). The molecule has 2 N–H and O–H groups in total. The molecule has 0 amide bonds. The van der Waals surface area contributed by atoms with Crippen molar-refractivity contribution in [3.63, 3.8) is 0 Å². The number of rotatable bonds is 5. The molecule has 1 heterocycles. The normalized spacial score (nSPS) is 14.5. The molecule has 2 unspecified atom stereocenters.